The Balaban J connectivity index is 1.41. The number of hydrogen-bond acceptors (Lipinski definition) is 5. The van der Waals surface area contributed by atoms with Crippen molar-refractivity contribution in [1.82, 2.24) is 14.8 Å². The van der Waals surface area contributed by atoms with Crippen LogP contribution in [0.5, 0.6) is 0 Å². The van der Waals surface area contributed by atoms with E-state index in [1.807, 2.05) is 71.4 Å². The number of allylic oxidation sites excluding steroid dienone is 1. The molecule has 2 aromatic carbocycles. The third-order valence-corrected chi connectivity index (χ3v) is 6.40. The molecule has 0 N–H and O–H groups in total. The molecular formula is C24H13N3O2S. The van der Waals surface area contributed by atoms with Crippen LogP contribution in [-0.4, -0.2) is 26.3 Å². The third-order valence-electron chi connectivity index (χ3n) is 5.36. The highest BCUT2D eigenvalue weighted by molar-refractivity contribution is 7.15. The van der Waals surface area contributed by atoms with Crippen LogP contribution in [-0.2, 0) is 0 Å². The molecule has 0 spiro atoms. The SMILES string of the molecule is O=C1C(=Cc2ccc(-n3ccc4ccnnc43)s2)C(=O)c2cc3ccccc3cc21. The van der Waals surface area contributed by atoms with E-state index in [0.717, 1.165) is 31.7 Å². The third kappa shape index (κ3) is 2.47. The summed E-state index contributed by atoms with van der Waals surface area (Å²) in [5.74, 6) is -0.430. The number of hydrogen-bond donors (Lipinski definition) is 0. The number of carbonyl (C=O) groups excluding carboxylic acids is 2. The molecule has 0 saturated carbocycles. The highest BCUT2D eigenvalue weighted by Crippen LogP contribution is 2.33. The molecule has 0 atom stereocenters. The fourth-order valence-electron chi connectivity index (χ4n) is 3.89. The largest absolute Gasteiger partial charge is 0.291 e. The highest BCUT2D eigenvalue weighted by Gasteiger charge is 2.33. The van der Waals surface area contributed by atoms with Crippen LogP contribution >= 0.6 is 11.3 Å². The monoisotopic (exact) mass is 407 g/mol. The molecule has 3 heterocycles. The topological polar surface area (TPSA) is 64.8 Å². The maximum Gasteiger partial charge on any atom is 0.197 e. The Morgan fingerprint density at radius 1 is 0.833 bits per heavy atom. The van der Waals surface area contributed by atoms with Gasteiger partial charge >= 0.3 is 0 Å². The zero-order valence-electron chi connectivity index (χ0n) is 15.6. The molecule has 0 unspecified atom stereocenters. The van der Waals surface area contributed by atoms with Gasteiger partial charge in [-0.25, -0.2) is 0 Å². The van der Waals surface area contributed by atoms with Crippen molar-refractivity contribution in [3.63, 3.8) is 0 Å². The van der Waals surface area contributed by atoms with E-state index in [1.165, 1.54) is 11.3 Å². The van der Waals surface area contributed by atoms with E-state index in [4.69, 9.17) is 0 Å². The summed E-state index contributed by atoms with van der Waals surface area (Å²) in [5, 5.41) is 12.0. The summed E-state index contributed by atoms with van der Waals surface area (Å²) in [6.07, 6.45) is 5.30. The van der Waals surface area contributed by atoms with Crippen LogP contribution < -0.4 is 0 Å². The first-order valence-corrected chi connectivity index (χ1v) is 10.2. The predicted octanol–water partition coefficient (Wildman–Crippen LogP) is 5.10. The number of ketones is 2. The molecule has 5 nitrogen and oxygen atoms in total. The maximum atomic E-state index is 13.0. The van der Waals surface area contributed by atoms with Gasteiger partial charge in [0.1, 0.15) is 5.00 Å². The summed E-state index contributed by atoms with van der Waals surface area (Å²) < 4.78 is 1.95. The van der Waals surface area contributed by atoms with Crippen molar-refractivity contribution in [1.29, 1.82) is 0 Å². The molecule has 30 heavy (non-hydrogen) atoms. The van der Waals surface area contributed by atoms with E-state index in [-0.39, 0.29) is 17.1 Å². The van der Waals surface area contributed by atoms with Crippen molar-refractivity contribution in [2.75, 3.05) is 0 Å². The fourth-order valence-corrected chi connectivity index (χ4v) is 4.82. The second-order valence-electron chi connectivity index (χ2n) is 7.13. The minimum atomic E-state index is -0.215. The Morgan fingerprint density at radius 3 is 2.30 bits per heavy atom. The molecule has 0 bridgehead atoms. The van der Waals surface area contributed by atoms with Crippen molar-refractivity contribution < 1.29 is 9.59 Å². The minimum Gasteiger partial charge on any atom is -0.291 e. The van der Waals surface area contributed by atoms with Crippen LogP contribution in [0.15, 0.2) is 78.6 Å². The van der Waals surface area contributed by atoms with Crippen molar-refractivity contribution in [3.05, 3.63) is 94.6 Å². The Labute approximate surface area is 174 Å². The Kier molecular flexibility index (Phi) is 3.57. The molecular weight excluding hydrogens is 394 g/mol. The van der Waals surface area contributed by atoms with Crippen LogP contribution in [0.2, 0.25) is 0 Å². The molecule has 1 aliphatic rings. The van der Waals surface area contributed by atoms with Crippen LogP contribution in [0.4, 0.5) is 0 Å². The molecule has 0 amide bonds. The summed E-state index contributed by atoms with van der Waals surface area (Å²) in [6, 6.07) is 19.1. The number of thiophene rings is 1. The van der Waals surface area contributed by atoms with Gasteiger partial charge in [-0.1, -0.05) is 24.3 Å². The van der Waals surface area contributed by atoms with Gasteiger partial charge in [0, 0.05) is 27.6 Å². The van der Waals surface area contributed by atoms with E-state index in [0.29, 0.717) is 11.1 Å². The molecule has 6 heteroatoms. The molecule has 0 aliphatic heterocycles. The van der Waals surface area contributed by atoms with Gasteiger partial charge < -0.3 is 0 Å². The summed E-state index contributed by atoms with van der Waals surface area (Å²) in [5.41, 5.74) is 1.94. The second-order valence-corrected chi connectivity index (χ2v) is 8.23. The average Bonchev–Trinajstić information content (AvgIpc) is 3.47. The normalized spacial score (nSPS) is 13.4. The molecule has 6 rings (SSSR count). The van der Waals surface area contributed by atoms with Crippen molar-refractivity contribution >= 4 is 50.8 Å². The highest BCUT2D eigenvalue weighted by atomic mass is 32.1. The van der Waals surface area contributed by atoms with Crippen LogP contribution in [0, 0.1) is 0 Å². The van der Waals surface area contributed by atoms with E-state index < -0.39 is 0 Å². The van der Waals surface area contributed by atoms with Gasteiger partial charge in [-0.3, -0.25) is 14.2 Å². The van der Waals surface area contributed by atoms with E-state index in [9.17, 15) is 9.59 Å². The van der Waals surface area contributed by atoms with Crippen molar-refractivity contribution in [2.45, 2.75) is 0 Å². The fraction of sp³-hybridized carbons (Fsp3) is 0. The first-order chi connectivity index (χ1) is 14.7. The molecule has 0 saturated heterocycles. The lowest BCUT2D eigenvalue weighted by Crippen LogP contribution is -1.99. The molecule has 0 radical (unpaired) electrons. The van der Waals surface area contributed by atoms with Gasteiger partial charge in [-0.2, -0.15) is 5.10 Å². The minimum absolute atomic E-state index is 0.214. The Morgan fingerprint density at radius 2 is 1.57 bits per heavy atom. The number of fused-ring (bicyclic) bond motifs is 3. The van der Waals surface area contributed by atoms with E-state index in [2.05, 4.69) is 10.2 Å². The number of carbonyl (C=O) groups is 2. The van der Waals surface area contributed by atoms with Gasteiger partial charge in [0.2, 0.25) is 0 Å². The molecule has 3 aromatic heterocycles. The van der Waals surface area contributed by atoms with Gasteiger partial charge in [0.15, 0.2) is 17.2 Å². The molecule has 0 fully saturated rings. The van der Waals surface area contributed by atoms with Crippen LogP contribution in [0.3, 0.4) is 0 Å². The Bertz CT molecular complexity index is 1480. The quantitative estimate of drug-likeness (QED) is 0.302. The lowest BCUT2D eigenvalue weighted by Gasteiger charge is -2.00. The number of aromatic nitrogens is 3. The first-order valence-electron chi connectivity index (χ1n) is 9.42. The number of Topliss-reactive ketones (excluding diaryl/α,β-unsaturated/α-hetero) is 2. The summed E-state index contributed by atoms with van der Waals surface area (Å²) in [4.78, 5) is 26.8. The van der Waals surface area contributed by atoms with Crippen LogP contribution in [0.25, 0.3) is 32.9 Å². The Hall–Kier alpha value is -3.90. The molecule has 1 aliphatic carbocycles. The van der Waals surface area contributed by atoms with Crippen LogP contribution in [0.1, 0.15) is 25.6 Å². The maximum absolute atomic E-state index is 13.0. The number of rotatable bonds is 2. The van der Waals surface area contributed by atoms with E-state index in [1.54, 1.807) is 12.3 Å². The first kappa shape index (κ1) is 17.0. The zero-order chi connectivity index (χ0) is 20.2. The molecule has 142 valence electrons. The summed E-state index contributed by atoms with van der Waals surface area (Å²) >= 11 is 1.49. The van der Waals surface area contributed by atoms with E-state index >= 15 is 0 Å². The summed E-state index contributed by atoms with van der Waals surface area (Å²) in [6.45, 7) is 0. The average molecular weight is 407 g/mol. The van der Waals surface area contributed by atoms with Crippen molar-refractivity contribution in [2.24, 2.45) is 0 Å². The zero-order valence-corrected chi connectivity index (χ0v) is 16.4. The molecule has 5 aromatic rings. The van der Waals surface area contributed by atoms with Gasteiger partial charge in [-0.15, -0.1) is 16.4 Å². The number of benzene rings is 2. The van der Waals surface area contributed by atoms with Gasteiger partial charge in [-0.05, 0) is 53.2 Å². The van der Waals surface area contributed by atoms with Gasteiger partial charge in [0.05, 0.1) is 11.8 Å². The summed E-state index contributed by atoms with van der Waals surface area (Å²) in [7, 11) is 0. The van der Waals surface area contributed by atoms with Crippen molar-refractivity contribution in [3.8, 4) is 5.00 Å². The smallest absolute Gasteiger partial charge is 0.197 e. The van der Waals surface area contributed by atoms with Gasteiger partial charge in [0.25, 0.3) is 0 Å². The predicted molar refractivity (Wildman–Crippen MR) is 117 cm³/mol. The second kappa shape index (κ2) is 6.30. The lowest BCUT2D eigenvalue weighted by molar-refractivity contribution is 0.0990. The lowest BCUT2D eigenvalue weighted by atomic mass is 10.0. The number of nitrogens with zero attached hydrogens (tertiary/aromatic N) is 3. The standard InChI is InChI=1S/C24H13N3O2S/c28-22-18-11-15-3-1-2-4-16(15)12-19(18)23(29)20(22)13-17-5-6-21(30-17)27-10-8-14-7-9-25-26-24(14)27/h1-13H.